The third-order valence-corrected chi connectivity index (χ3v) is 2.74. The number of carboxylic acids is 4. The van der Waals surface area contributed by atoms with E-state index in [1.807, 2.05) is 0 Å². The van der Waals surface area contributed by atoms with Crippen molar-refractivity contribution in [1.82, 2.24) is 0 Å². The van der Waals surface area contributed by atoms with Crippen molar-refractivity contribution in [3.63, 3.8) is 0 Å². The monoisotopic (exact) mass is 292 g/mol. The fourth-order valence-corrected chi connectivity index (χ4v) is 0.891. The highest BCUT2D eigenvalue weighted by Gasteiger charge is 2.24. The van der Waals surface area contributed by atoms with Crippen LogP contribution in [0.5, 0.6) is 0 Å². The van der Waals surface area contributed by atoms with Crippen LogP contribution in [0.4, 0.5) is 0 Å². The SMILES string of the molecule is CC(C(=O)O)C(C)C(=O)O.CC(CCC(=O)O)C(=O)O. The number of hydrogen-bond acceptors (Lipinski definition) is 4. The van der Waals surface area contributed by atoms with Gasteiger partial charge in [-0.15, -0.1) is 0 Å². The maximum absolute atomic E-state index is 10.2. The first-order valence-electron chi connectivity index (χ1n) is 5.90. The first-order chi connectivity index (χ1) is 9.00. The molecule has 4 N–H and O–H groups in total. The van der Waals surface area contributed by atoms with Crippen molar-refractivity contribution in [3.05, 3.63) is 0 Å². The van der Waals surface area contributed by atoms with Crippen LogP contribution in [0.3, 0.4) is 0 Å². The molecule has 0 saturated carbocycles. The van der Waals surface area contributed by atoms with E-state index >= 15 is 0 Å². The molecule has 0 aliphatic carbocycles. The summed E-state index contributed by atoms with van der Waals surface area (Å²) >= 11 is 0. The molecule has 0 spiro atoms. The highest BCUT2D eigenvalue weighted by atomic mass is 16.4. The van der Waals surface area contributed by atoms with Crippen LogP contribution in [0.2, 0.25) is 0 Å². The van der Waals surface area contributed by atoms with Crippen molar-refractivity contribution in [2.24, 2.45) is 17.8 Å². The lowest BCUT2D eigenvalue weighted by Gasteiger charge is -2.09. The molecule has 0 rings (SSSR count). The summed E-state index contributed by atoms with van der Waals surface area (Å²) in [5, 5.41) is 33.1. The summed E-state index contributed by atoms with van der Waals surface area (Å²) in [7, 11) is 0. The van der Waals surface area contributed by atoms with Crippen LogP contribution in [0.25, 0.3) is 0 Å². The Hall–Kier alpha value is -2.12. The van der Waals surface area contributed by atoms with Crippen LogP contribution in [0, 0.1) is 17.8 Å². The van der Waals surface area contributed by atoms with Gasteiger partial charge < -0.3 is 20.4 Å². The van der Waals surface area contributed by atoms with E-state index in [1.165, 1.54) is 20.8 Å². The van der Waals surface area contributed by atoms with E-state index in [4.69, 9.17) is 20.4 Å². The van der Waals surface area contributed by atoms with Gasteiger partial charge in [-0.3, -0.25) is 19.2 Å². The lowest BCUT2D eigenvalue weighted by atomic mass is 9.97. The zero-order valence-electron chi connectivity index (χ0n) is 11.6. The largest absolute Gasteiger partial charge is 0.481 e. The van der Waals surface area contributed by atoms with E-state index in [1.54, 1.807) is 0 Å². The number of carbonyl (C=O) groups is 4. The molecule has 0 aromatic rings. The lowest BCUT2D eigenvalue weighted by Crippen LogP contribution is -2.24. The minimum Gasteiger partial charge on any atom is -0.481 e. The summed E-state index contributed by atoms with van der Waals surface area (Å²) in [5.41, 5.74) is 0. The summed E-state index contributed by atoms with van der Waals surface area (Å²) < 4.78 is 0. The average Bonchev–Trinajstić information content (AvgIpc) is 2.34. The van der Waals surface area contributed by atoms with Gasteiger partial charge in [0.1, 0.15) is 0 Å². The minimum absolute atomic E-state index is 0.0759. The third kappa shape index (κ3) is 9.86. The van der Waals surface area contributed by atoms with Crippen LogP contribution >= 0.6 is 0 Å². The standard InChI is InChI=1S/2C6H10O4/c1-4(6(9)10)2-3-5(7)8;1-3(5(7)8)4(2)6(9)10/h4H,2-3H2,1H3,(H,7,8)(H,9,10);3-4H,1-2H3,(H,7,8)(H,9,10). The van der Waals surface area contributed by atoms with E-state index in [0.29, 0.717) is 0 Å². The van der Waals surface area contributed by atoms with Gasteiger partial charge in [-0.2, -0.15) is 0 Å². The van der Waals surface area contributed by atoms with Gasteiger partial charge in [-0.1, -0.05) is 20.8 Å². The molecule has 8 heteroatoms. The van der Waals surface area contributed by atoms with Crippen molar-refractivity contribution >= 4 is 23.9 Å². The quantitative estimate of drug-likeness (QED) is 0.542. The molecule has 0 aliphatic rings. The Bertz CT molecular complexity index is 344. The second-order valence-corrected chi connectivity index (χ2v) is 4.43. The van der Waals surface area contributed by atoms with Crippen LogP contribution in [0.15, 0.2) is 0 Å². The molecule has 0 bridgehead atoms. The van der Waals surface area contributed by atoms with Gasteiger partial charge >= 0.3 is 23.9 Å². The van der Waals surface area contributed by atoms with Gasteiger partial charge in [0, 0.05) is 6.42 Å². The Morgan fingerprint density at radius 1 is 0.750 bits per heavy atom. The van der Waals surface area contributed by atoms with Crippen LogP contribution < -0.4 is 0 Å². The molecule has 0 aromatic carbocycles. The van der Waals surface area contributed by atoms with Gasteiger partial charge in [0.25, 0.3) is 0 Å². The third-order valence-electron chi connectivity index (χ3n) is 2.74. The maximum atomic E-state index is 10.2. The van der Waals surface area contributed by atoms with Crippen LogP contribution in [-0.4, -0.2) is 44.3 Å². The van der Waals surface area contributed by atoms with Gasteiger partial charge in [0.05, 0.1) is 17.8 Å². The van der Waals surface area contributed by atoms with E-state index in [2.05, 4.69) is 0 Å². The molecule has 0 heterocycles. The Labute approximate surface area is 116 Å². The molecule has 8 nitrogen and oxygen atoms in total. The molecule has 3 atom stereocenters. The minimum atomic E-state index is -1.07. The molecule has 0 aliphatic heterocycles. The molecule has 0 aromatic heterocycles. The fourth-order valence-electron chi connectivity index (χ4n) is 0.891. The topological polar surface area (TPSA) is 149 Å². The number of carboxylic acid groups (broad SMARTS) is 4. The average molecular weight is 292 g/mol. The van der Waals surface area contributed by atoms with Crippen LogP contribution in [-0.2, 0) is 19.2 Å². The van der Waals surface area contributed by atoms with Crippen molar-refractivity contribution in [3.8, 4) is 0 Å². The summed E-state index contributed by atoms with van der Waals surface area (Å²) in [6.45, 7) is 4.24. The fraction of sp³-hybridized carbons (Fsp3) is 0.667. The van der Waals surface area contributed by atoms with Gasteiger partial charge in [-0.05, 0) is 6.42 Å². The van der Waals surface area contributed by atoms with E-state index in [9.17, 15) is 19.2 Å². The predicted molar refractivity (Wildman–Crippen MR) is 67.3 cm³/mol. The van der Waals surface area contributed by atoms with Crippen LogP contribution in [0.1, 0.15) is 33.6 Å². The summed E-state index contributed by atoms with van der Waals surface area (Å²) in [6.07, 6.45) is 0.123. The Morgan fingerprint density at radius 2 is 1.10 bits per heavy atom. The maximum Gasteiger partial charge on any atom is 0.307 e. The molecule has 3 unspecified atom stereocenters. The molecule has 0 saturated heterocycles. The Kier molecular flexibility index (Phi) is 9.86. The van der Waals surface area contributed by atoms with Crippen molar-refractivity contribution in [1.29, 1.82) is 0 Å². The normalized spacial score (nSPS) is 14.2. The lowest BCUT2D eigenvalue weighted by molar-refractivity contribution is -0.152. The first kappa shape index (κ1) is 20.2. The van der Waals surface area contributed by atoms with Gasteiger partial charge in [0.2, 0.25) is 0 Å². The predicted octanol–water partition coefficient (Wildman–Crippen LogP) is 1.000. The first-order valence-corrected chi connectivity index (χ1v) is 5.90. The second-order valence-electron chi connectivity index (χ2n) is 4.43. The Balaban J connectivity index is 0. The van der Waals surface area contributed by atoms with Gasteiger partial charge in [-0.25, -0.2) is 0 Å². The van der Waals surface area contributed by atoms with Crippen molar-refractivity contribution < 1.29 is 39.6 Å². The second kappa shape index (κ2) is 9.76. The number of rotatable bonds is 7. The summed E-state index contributed by atoms with van der Waals surface area (Å²) in [4.78, 5) is 40.4. The molecular formula is C12H20O8. The zero-order valence-corrected chi connectivity index (χ0v) is 11.6. The van der Waals surface area contributed by atoms with Gasteiger partial charge in [0.15, 0.2) is 0 Å². The van der Waals surface area contributed by atoms with Crippen molar-refractivity contribution in [2.45, 2.75) is 33.6 Å². The molecule has 0 amide bonds. The molecule has 0 fully saturated rings. The molecule has 116 valence electrons. The highest BCUT2D eigenvalue weighted by Crippen LogP contribution is 2.10. The number of hydrogen-bond donors (Lipinski definition) is 4. The molecule has 0 radical (unpaired) electrons. The van der Waals surface area contributed by atoms with E-state index in [0.717, 1.165) is 0 Å². The summed E-state index contributed by atoms with van der Waals surface area (Å²) in [6, 6.07) is 0. The van der Waals surface area contributed by atoms with E-state index < -0.39 is 41.6 Å². The smallest absolute Gasteiger partial charge is 0.307 e. The van der Waals surface area contributed by atoms with Crippen molar-refractivity contribution in [2.75, 3.05) is 0 Å². The highest BCUT2D eigenvalue weighted by molar-refractivity contribution is 5.79. The Morgan fingerprint density at radius 3 is 1.30 bits per heavy atom. The zero-order chi connectivity index (χ0) is 16.5. The van der Waals surface area contributed by atoms with E-state index in [-0.39, 0.29) is 12.8 Å². The summed E-state index contributed by atoms with van der Waals surface area (Å²) in [5.74, 6) is -6.25. The molecule has 20 heavy (non-hydrogen) atoms. The number of aliphatic carboxylic acids is 4. The molecular weight excluding hydrogens is 272 g/mol.